The summed E-state index contributed by atoms with van der Waals surface area (Å²) in [6.07, 6.45) is 2.73. The Hall–Kier alpha value is 0.480. The minimum absolute atomic E-state index is 0.179. The Kier molecular flexibility index (Phi) is 2.67. The lowest BCUT2D eigenvalue weighted by Crippen LogP contribution is -2.46. The summed E-state index contributed by atoms with van der Waals surface area (Å²) >= 11 is 12.3. The van der Waals surface area contributed by atoms with Gasteiger partial charge < -0.3 is 0 Å². The third-order valence-electron chi connectivity index (χ3n) is 4.90. The average Bonchev–Trinajstić information content (AvgIpc) is 2.55. The van der Waals surface area contributed by atoms with Crippen molar-refractivity contribution in [1.82, 2.24) is 0 Å². The average molecular weight is 333 g/mol. The zero-order chi connectivity index (χ0) is 13.4. The monoisotopic (exact) mass is 332 g/mol. The van der Waals surface area contributed by atoms with Crippen molar-refractivity contribution >= 4 is 42.9 Å². The Morgan fingerprint density at radius 1 is 0.778 bits per heavy atom. The summed E-state index contributed by atoms with van der Waals surface area (Å²) in [5.41, 5.74) is -1.73. The maximum absolute atomic E-state index is 12.1. The van der Waals surface area contributed by atoms with Gasteiger partial charge in [0.15, 0.2) is 19.7 Å². The fraction of sp³-hybridized carbons (Fsp3) is 1.00. The molecule has 0 amide bonds. The summed E-state index contributed by atoms with van der Waals surface area (Å²) in [5, 5.41) is 0. The van der Waals surface area contributed by atoms with Crippen LogP contribution in [0.2, 0.25) is 0 Å². The molecule has 0 bridgehead atoms. The van der Waals surface area contributed by atoms with Crippen LogP contribution in [0.25, 0.3) is 0 Å². The topological polar surface area (TPSA) is 68.3 Å². The highest BCUT2D eigenvalue weighted by Gasteiger charge is 2.76. The van der Waals surface area contributed by atoms with E-state index in [1.165, 1.54) is 0 Å². The molecule has 3 rings (SSSR count). The van der Waals surface area contributed by atoms with Crippen LogP contribution >= 0.6 is 23.2 Å². The van der Waals surface area contributed by atoms with E-state index in [0.29, 0.717) is 12.8 Å². The highest BCUT2D eigenvalue weighted by atomic mass is 35.5. The lowest BCUT2D eigenvalue weighted by molar-refractivity contribution is 0.0780. The zero-order valence-electron chi connectivity index (χ0n) is 9.60. The second-order valence-electron chi connectivity index (χ2n) is 5.77. The first kappa shape index (κ1) is 13.5. The molecular weight excluding hydrogens is 319 g/mol. The van der Waals surface area contributed by atoms with Crippen LogP contribution < -0.4 is 0 Å². The van der Waals surface area contributed by atoms with Gasteiger partial charge in [0.1, 0.15) is 9.42 Å². The lowest BCUT2D eigenvalue weighted by Gasteiger charge is -2.44. The summed E-state index contributed by atoms with van der Waals surface area (Å²) in [7, 11) is -6.90. The van der Waals surface area contributed by atoms with Crippen molar-refractivity contribution in [2.45, 2.75) is 35.1 Å². The Morgan fingerprint density at radius 2 is 1.11 bits per heavy atom. The third kappa shape index (κ3) is 1.33. The molecule has 0 aromatic carbocycles. The van der Waals surface area contributed by atoms with Crippen molar-refractivity contribution < 1.29 is 16.8 Å². The molecule has 2 aliphatic heterocycles. The smallest absolute Gasteiger partial charge is 0.168 e. The molecule has 3 fully saturated rings. The van der Waals surface area contributed by atoms with E-state index in [-0.39, 0.29) is 11.5 Å². The summed E-state index contributed by atoms with van der Waals surface area (Å²) < 4.78 is 46.2. The molecular formula is C10H14Cl2O4S2. The largest absolute Gasteiger partial charge is 0.227 e. The van der Waals surface area contributed by atoms with Crippen LogP contribution in [0.4, 0.5) is 0 Å². The predicted molar refractivity (Wildman–Crippen MR) is 70.2 cm³/mol. The van der Waals surface area contributed by atoms with Crippen molar-refractivity contribution in [2.75, 3.05) is 11.5 Å². The first-order valence-corrected chi connectivity index (χ1v) is 10.2. The van der Waals surface area contributed by atoms with Crippen molar-refractivity contribution in [2.24, 2.45) is 10.8 Å². The summed E-state index contributed by atoms with van der Waals surface area (Å²) in [5.74, 6) is -0.358. The van der Waals surface area contributed by atoms with Gasteiger partial charge in [-0.2, -0.15) is 0 Å². The van der Waals surface area contributed by atoms with Crippen LogP contribution in [-0.4, -0.2) is 37.8 Å². The first-order chi connectivity index (χ1) is 8.18. The highest BCUT2D eigenvalue weighted by molar-refractivity contribution is 7.95. The summed E-state index contributed by atoms with van der Waals surface area (Å²) in [6, 6.07) is 0. The molecule has 8 heteroatoms. The number of rotatable bonds is 0. The Labute approximate surface area is 117 Å². The summed E-state index contributed by atoms with van der Waals surface area (Å²) in [6.45, 7) is 0. The second-order valence-corrected chi connectivity index (χ2v) is 11.3. The molecule has 0 aromatic heterocycles. The molecule has 0 unspecified atom stereocenters. The molecule has 0 N–H and O–H groups in total. The van der Waals surface area contributed by atoms with Gasteiger partial charge >= 0.3 is 0 Å². The van der Waals surface area contributed by atoms with E-state index >= 15 is 0 Å². The number of halogens is 2. The van der Waals surface area contributed by atoms with Crippen LogP contribution in [0.5, 0.6) is 0 Å². The number of hydrogen-bond acceptors (Lipinski definition) is 4. The maximum atomic E-state index is 12.1. The number of sulfone groups is 2. The molecule has 1 aliphatic carbocycles. The molecule has 104 valence electrons. The van der Waals surface area contributed by atoms with E-state index in [1.807, 2.05) is 0 Å². The minimum Gasteiger partial charge on any atom is -0.227 e. The number of alkyl halides is 2. The molecule has 3 aliphatic rings. The predicted octanol–water partition coefficient (Wildman–Crippen LogP) is 1.52. The Balaban J connectivity index is 2.28. The fourth-order valence-corrected chi connectivity index (χ4v) is 10.9. The van der Waals surface area contributed by atoms with Gasteiger partial charge in [-0.3, -0.25) is 0 Å². The Bertz CT molecular complexity index is 545. The van der Waals surface area contributed by atoms with Gasteiger partial charge in [0.2, 0.25) is 0 Å². The molecule has 1 saturated carbocycles. The van der Waals surface area contributed by atoms with Gasteiger partial charge in [-0.1, -0.05) is 12.8 Å². The maximum Gasteiger partial charge on any atom is 0.168 e. The van der Waals surface area contributed by atoms with Crippen LogP contribution in [-0.2, 0) is 19.7 Å². The Morgan fingerprint density at radius 3 is 1.44 bits per heavy atom. The quantitative estimate of drug-likeness (QED) is 0.630. The van der Waals surface area contributed by atoms with E-state index < -0.39 is 39.9 Å². The van der Waals surface area contributed by atoms with E-state index in [9.17, 15) is 16.8 Å². The molecule has 4 atom stereocenters. The molecule has 0 aromatic rings. The van der Waals surface area contributed by atoms with Crippen molar-refractivity contribution in [3.8, 4) is 0 Å². The third-order valence-corrected chi connectivity index (χ3v) is 11.4. The van der Waals surface area contributed by atoms with Gasteiger partial charge in [-0.05, 0) is 12.8 Å². The molecule has 4 nitrogen and oxygen atoms in total. The minimum atomic E-state index is -3.45. The van der Waals surface area contributed by atoms with E-state index in [1.54, 1.807) is 0 Å². The summed E-state index contributed by atoms with van der Waals surface area (Å²) in [4.78, 5) is 0. The lowest BCUT2D eigenvalue weighted by atomic mass is 9.59. The first-order valence-electron chi connectivity index (χ1n) is 5.89. The van der Waals surface area contributed by atoms with E-state index in [4.69, 9.17) is 23.2 Å². The van der Waals surface area contributed by atoms with Crippen LogP contribution in [0, 0.1) is 10.8 Å². The van der Waals surface area contributed by atoms with E-state index in [0.717, 1.165) is 12.8 Å². The van der Waals surface area contributed by atoms with Gasteiger partial charge in [-0.25, -0.2) is 16.8 Å². The highest BCUT2D eigenvalue weighted by Crippen LogP contribution is 2.68. The van der Waals surface area contributed by atoms with Crippen molar-refractivity contribution in [1.29, 1.82) is 0 Å². The number of hydrogen-bond donors (Lipinski definition) is 0. The molecule has 18 heavy (non-hydrogen) atoms. The van der Waals surface area contributed by atoms with Crippen LogP contribution in [0.3, 0.4) is 0 Å². The van der Waals surface area contributed by atoms with Gasteiger partial charge in [0.25, 0.3) is 0 Å². The molecule has 2 heterocycles. The van der Waals surface area contributed by atoms with Gasteiger partial charge in [0, 0.05) is 10.8 Å². The van der Waals surface area contributed by atoms with E-state index in [2.05, 4.69) is 0 Å². The fourth-order valence-electron chi connectivity index (χ4n) is 4.17. The van der Waals surface area contributed by atoms with Crippen molar-refractivity contribution in [3.05, 3.63) is 0 Å². The molecule has 2 saturated heterocycles. The normalized spacial score (nSPS) is 52.8. The standard InChI is InChI=1S/C10H14Cl2O4S2/c11-7-9-3-1-2-4-10(9,6-18(7,15)16)8(12)17(13,14)5-9/h7-8H,1-6H2/t7-,8-,9+,10+/m1/s1. The second kappa shape index (κ2) is 3.57. The SMILES string of the molecule is O=S1(=O)C[C@]23CCCC[C@]2(CS(=O)(=O)[C@H]3Cl)[C@@H]1Cl. The zero-order valence-corrected chi connectivity index (χ0v) is 12.7. The molecule has 0 spiro atoms. The molecule has 0 radical (unpaired) electrons. The van der Waals surface area contributed by atoms with Crippen LogP contribution in [0.1, 0.15) is 25.7 Å². The van der Waals surface area contributed by atoms with Crippen LogP contribution in [0.15, 0.2) is 0 Å². The van der Waals surface area contributed by atoms with Gasteiger partial charge in [-0.15, -0.1) is 23.2 Å². The van der Waals surface area contributed by atoms with Crippen molar-refractivity contribution in [3.63, 3.8) is 0 Å². The van der Waals surface area contributed by atoms with Gasteiger partial charge in [0.05, 0.1) is 11.5 Å².